The van der Waals surface area contributed by atoms with E-state index in [1.807, 2.05) is 12.1 Å². The van der Waals surface area contributed by atoms with Crippen LogP contribution in [0, 0.1) is 5.92 Å². The maximum atomic E-state index is 13.0. The van der Waals surface area contributed by atoms with Gasteiger partial charge in [-0.2, -0.15) is 0 Å². The Kier molecular flexibility index (Phi) is 5.77. The molecular weight excluding hydrogens is 300 g/mol. The van der Waals surface area contributed by atoms with Crippen molar-refractivity contribution in [2.75, 3.05) is 13.7 Å². The summed E-state index contributed by atoms with van der Waals surface area (Å²) in [5.41, 5.74) is 7.40. The van der Waals surface area contributed by atoms with Gasteiger partial charge in [0, 0.05) is 19.0 Å². The van der Waals surface area contributed by atoms with Crippen LogP contribution in [0.25, 0.3) is 0 Å². The normalized spacial score (nSPS) is 27.8. The molecule has 4 heteroatoms. The van der Waals surface area contributed by atoms with Gasteiger partial charge < -0.3 is 15.4 Å². The highest BCUT2D eigenvalue weighted by molar-refractivity contribution is 5.77. The Morgan fingerprint density at radius 3 is 2.58 bits per heavy atom. The van der Waals surface area contributed by atoms with Crippen LogP contribution in [-0.2, 0) is 4.79 Å². The monoisotopic (exact) mass is 330 g/mol. The summed E-state index contributed by atoms with van der Waals surface area (Å²) in [6.07, 6.45) is 8.51. The van der Waals surface area contributed by atoms with Crippen molar-refractivity contribution in [2.45, 2.75) is 63.5 Å². The first-order chi connectivity index (χ1) is 11.7. The SMILES string of the molecule is COc1ccc(C2CCCCCN2C(=O)C[C@@H]2CCC[C@H]2N)cc1. The molecule has 1 heterocycles. The first-order valence-electron chi connectivity index (χ1n) is 9.38. The number of methoxy groups -OCH3 is 1. The molecule has 1 saturated heterocycles. The molecule has 3 rings (SSSR count). The topological polar surface area (TPSA) is 55.6 Å². The summed E-state index contributed by atoms with van der Waals surface area (Å²) in [7, 11) is 1.68. The number of ether oxygens (including phenoxy) is 1. The number of likely N-dealkylation sites (tertiary alicyclic amines) is 1. The minimum Gasteiger partial charge on any atom is -0.497 e. The van der Waals surface area contributed by atoms with E-state index < -0.39 is 0 Å². The van der Waals surface area contributed by atoms with Crippen LogP contribution in [0.1, 0.15) is 63.0 Å². The fourth-order valence-electron chi connectivity index (χ4n) is 4.24. The Labute approximate surface area is 145 Å². The molecule has 1 aliphatic carbocycles. The van der Waals surface area contributed by atoms with E-state index in [9.17, 15) is 4.79 Å². The molecule has 3 atom stereocenters. The zero-order chi connectivity index (χ0) is 16.9. The lowest BCUT2D eigenvalue weighted by molar-refractivity contribution is -0.134. The van der Waals surface area contributed by atoms with Gasteiger partial charge in [-0.3, -0.25) is 4.79 Å². The lowest BCUT2D eigenvalue weighted by atomic mass is 9.97. The number of carbonyl (C=O) groups excluding carboxylic acids is 1. The van der Waals surface area contributed by atoms with Gasteiger partial charge in [-0.05, 0) is 49.3 Å². The average molecular weight is 330 g/mol. The van der Waals surface area contributed by atoms with Crippen molar-refractivity contribution in [1.29, 1.82) is 0 Å². The highest BCUT2D eigenvalue weighted by atomic mass is 16.5. The van der Waals surface area contributed by atoms with Crippen molar-refractivity contribution in [2.24, 2.45) is 11.7 Å². The number of nitrogens with zero attached hydrogens (tertiary/aromatic N) is 1. The highest BCUT2D eigenvalue weighted by Gasteiger charge is 2.31. The average Bonchev–Trinajstić information content (AvgIpc) is 2.87. The first-order valence-corrected chi connectivity index (χ1v) is 9.38. The van der Waals surface area contributed by atoms with Crippen molar-refractivity contribution in [1.82, 2.24) is 4.90 Å². The molecule has 1 saturated carbocycles. The van der Waals surface area contributed by atoms with E-state index in [0.29, 0.717) is 18.2 Å². The van der Waals surface area contributed by atoms with Gasteiger partial charge in [0.1, 0.15) is 5.75 Å². The van der Waals surface area contributed by atoms with Crippen LogP contribution in [0.5, 0.6) is 5.75 Å². The maximum absolute atomic E-state index is 13.0. The summed E-state index contributed by atoms with van der Waals surface area (Å²) >= 11 is 0. The Hall–Kier alpha value is -1.55. The first kappa shape index (κ1) is 17.3. The van der Waals surface area contributed by atoms with Crippen molar-refractivity contribution in [3.8, 4) is 5.75 Å². The van der Waals surface area contributed by atoms with Gasteiger partial charge in [0.05, 0.1) is 13.2 Å². The predicted molar refractivity (Wildman–Crippen MR) is 95.8 cm³/mol. The summed E-state index contributed by atoms with van der Waals surface area (Å²) < 4.78 is 5.26. The number of nitrogens with two attached hydrogens (primary N) is 1. The van der Waals surface area contributed by atoms with Crippen LogP contribution in [0.3, 0.4) is 0 Å². The summed E-state index contributed by atoms with van der Waals surface area (Å²) in [6, 6.07) is 8.61. The molecule has 1 amide bonds. The van der Waals surface area contributed by atoms with Crippen molar-refractivity contribution >= 4 is 5.91 Å². The fraction of sp³-hybridized carbons (Fsp3) is 0.650. The Morgan fingerprint density at radius 2 is 1.92 bits per heavy atom. The Bertz CT molecular complexity index is 543. The minimum absolute atomic E-state index is 0.198. The van der Waals surface area contributed by atoms with Gasteiger partial charge in [0.2, 0.25) is 5.91 Å². The molecule has 0 bridgehead atoms. The molecule has 4 nitrogen and oxygen atoms in total. The van der Waals surface area contributed by atoms with Gasteiger partial charge in [-0.25, -0.2) is 0 Å². The largest absolute Gasteiger partial charge is 0.497 e. The minimum atomic E-state index is 0.198. The van der Waals surface area contributed by atoms with Gasteiger partial charge in [-0.15, -0.1) is 0 Å². The third-order valence-corrected chi connectivity index (χ3v) is 5.73. The van der Waals surface area contributed by atoms with E-state index >= 15 is 0 Å². The molecule has 0 aromatic heterocycles. The summed E-state index contributed by atoms with van der Waals surface area (Å²) in [5.74, 6) is 1.53. The summed E-state index contributed by atoms with van der Waals surface area (Å²) in [5, 5.41) is 0. The number of hydrogen-bond acceptors (Lipinski definition) is 3. The molecule has 24 heavy (non-hydrogen) atoms. The predicted octanol–water partition coefficient (Wildman–Crippen LogP) is 3.66. The van der Waals surface area contributed by atoms with E-state index in [0.717, 1.165) is 38.0 Å². The zero-order valence-electron chi connectivity index (χ0n) is 14.7. The molecule has 1 aromatic rings. The van der Waals surface area contributed by atoms with Crippen LogP contribution in [0.2, 0.25) is 0 Å². The number of carbonyl (C=O) groups is 1. The number of hydrogen-bond donors (Lipinski definition) is 1. The number of amides is 1. The molecule has 2 N–H and O–H groups in total. The van der Waals surface area contributed by atoms with Crippen molar-refractivity contribution < 1.29 is 9.53 Å². The van der Waals surface area contributed by atoms with Crippen LogP contribution in [0.4, 0.5) is 0 Å². The molecule has 2 aliphatic rings. The second-order valence-corrected chi connectivity index (χ2v) is 7.28. The van der Waals surface area contributed by atoms with Gasteiger partial charge in [0.15, 0.2) is 0 Å². The second kappa shape index (κ2) is 8.02. The van der Waals surface area contributed by atoms with Crippen LogP contribution >= 0.6 is 0 Å². The van der Waals surface area contributed by atoms with Crippen molar-refractivity contribution in [3.63, 3.8) is 0 Å². The second-order valence-electron chi connectivity index (χ2n) is 7.28. The smallest absolute Gasteiger partial charge is 0.223 e. The molecule has 132 valence electrons. The van der Waals surface area contributed by atoms with E-state index in [1.54, 1.807) is 7.11 Å². The lowest BCUT2D eigenvalue weighted by Gasteiger charge is -2.32. The molecular formula is C20H30N2O2. The molecule has 2 fully saturated rings. The van der Waals surface area contributed by atoms with Crippen molar-refractivity contribution in [3.05, 3.63) is 29.8 Å². The lowest BCUT2D eigenvalue weighted by Crippen LogP contribution is -2.37. The van der Waals surface area contributed by atoms with E-state index in [1.165, 1.54) is 24.8 Å². The molecule has 1 aromatic carbocycles. The van der Waals surface area contributed by atoms with Gasteiger partial charge >= 0.3 is 0 Å². The summed E-state index contributed by atoms with van der Waals surface area (Å²) in [6.45, 7) is 0.873. The quantitative estimate of drug-likeness (QED) is 0.916. The Balaban J connectivity index is 1.74. The Morgan fingerprint density at radius 1 is 1.12 bits per heavy atom. The molecule has 0 spiro atoms. The number of benzene rings is 1. The van der Waals surface area contributed by atoms with Crippen LogP contribution in [-0.4, -0.2) is 30.5 Å². The fourth-order valence-corrected chi connectivity index (χ4v) is 4.24. The highest BCUT2D eigenvalue weighted by Crippen LogP contribution is 2.34. The van der Waals surface area contributed by atoms with Gasteiger partial charge in [0.25, 0.3) is 0 Å². The van der Waals surface area contributed by atoms with E-state index in [4.69, 9.17) is 10.5 Å². The third kappa shape index (κ3) is 3.92. The summed E-state index contributed by atoms with van der Waals surface area (Å²) in [4.78, 5) is 15.1. The zero-order valence-corrected chi connectivity index (χ0v) is 14.7. The van der Waals surface area contributed by atoms with Crippen LogP contribution in [0.15, 0.2) is 24.3 Å². The molecule has 1 aliphatic heterocycles. The van der Waals surface area contributed by atoms with Gasteiger partial charge in [-0.1, -0.05) is 31.4 Å². The standard InChI is InChI=1S/C20H30N2O2/c1-24-17-11-9-15(10-12-17)19-8-3-2-4-13-22(19)20(23)14-16-6-5-7-18(16)21/h9-12,16,18-19H,2-8,13-14,21H2,1H3/t16-,18+,19?/m0/s1. The molecule has 1 unspecified atom stereocenters. The van der Waals surface area contributed by atoms with Crippen LogP contribution < -0.4 is 10.5 Å². The molecule has 0 radical (unpaired) electrons. The van der Waals surface area contributed by atoms with E-state index in [2.05, 4.69) is 17.0 Å². The maximum Gasteiger partial charge on any atom is 0.223 e. The van der Waals surface area contributed by atoms with E-state index in [-0.39, 0.29) is 12.1 Å². The number of rotatable bonds is 4. The third-order valence-electron chi connectivity index (χ3n) is 5.73.